The third-order valence-corrected chi connectivity index (χ3v) is 4.87. The van der Waals surface area contributed by atoms with E-state index in [1.54, 1.807) is 16.5 Å². The molecule has 1 aliphatic heterocycles. The SMILES string of the molecule is Cc1cc(=O)n(CC(=O)N2CCN(c3ccc(-n4ccc(C)n4)nn3)CC2)cn1. The standard InChI is InChI=1S/C19H22N8O2/c1-14-5-6-27(23-14)17-4-3-16(21-22-17)24-7-9-25(10-8-24)19(29)12-26-13-20-15(2)11-18(26)28/h3-6,11,13H,7-10,12H2,1-2H3. The number of nitrogens with zero attached hydrogens (tertiary/aromatic N) is 8. The summed E-state index contributed by atoms with van der Waals surface area (Å²) < 4.78 is 3.02. The van der Waals surface area contributed by atoms with E-state index in [0.29, 0.717) is 37.7 Å². The van der Waals surface area contributed by atoms with Crippen molar-refractivity contribution in [2.75, 3.05) is 31.1 Å². The fraction of sp³-hybridized carbons (Fsp3) is 0.368. The van der Waals surface area contributed by atoms with Gasteiger partial charge in [0, 0.05) is 44.1 Å². The van der Waals surface area contributed by atoms with Gasteiger partial charge in [-0.15, -0.1) is 10.2 Å². The van der Waals surface area contributed by atoms with Gasteiger partial charge in [0.1, 0.15) is 6.54 Å². The van der Waals surface area contributed by atoms with Crippen molar-refractivity contribution in [3.8, 4) is 5.82 Å². The van der Waals surface area contributed by atoms with E-state index in [1.807, 2.05) is 31.3 Å². The van der Waals surface area contributed by atoms with E-state index >= 15 is 0 Å². The minimum Gasteiger partial charge on any atom is -0.352 e. The lowest BCUT2D eigenvalue weighted by atomic mass is 10.3. The minimum absolute atomic E-state index is 0.00387. The van der Waals surface area contributed by atoms with Gasteiger partial charge in [0.25, 0.3) is 5.56 Å². The molecule has 1 aliphatic rings. The molecule has 0 atom stereocenters. The van der Waals surface area contributed by atoms with Crippen molar-refractivity contribution in [1.82, 2.24) is 34.4 Å². The summed E-state index contributed by atoms with van der Waals surface area (Å²) in [5.74, 6) is 1.34. The minimum atomic E-state index is -0.216. The lowest BCUT2D eigenvalue weighted by Gasteiger charge is -2.35. The molecule has 29 heavy (non-hydrogen) atoms. The Morgan fingerprint density at radius 1 is 1.00 bits per heavy atom. The second-order valence-electron chi connectivity index (χ2n) is 7.02. The summed E-state index contributed by atoms with van der Waals surface area (Å²) in [4.78, 5) is 32.4. The lowest BCUT2D eigenvalue weighted by Crippen LogP contribution is -2.50. The van der Waals surface area contributed by atoms with Crippen molar-refractivity contribution in [3.63, 3.8) is 0 Å². The van der Waals surface area contributed by atoms with Gasteiger partial charge < -0.3 is 9.80 Å². The van der Waals surface area contributed by atoms with Crippen LogP contribution in [0.1, 0.15) is 11.4 Å². The highest BCUT2D eigenvalue weighted by Crippen LogP contribution is 2.14. The molecule has 1 amide bonds. The second kappa shape index (κ2) is 7.82. The van der Waals surface area contributed by atoms with Gasteiger partial charge in [0.2, 0.25) is 5.91 Å². The zero-order valence-electron chi connectivity index (χ0n) is 16.4. The summed E-state index contributed by atoms with van der Waals surface area (Å²) in [5.41, 5.74) is 1.34. The van der Waals surface area contributed by atoms with Crippen molar-refractivity contribution in [2.24, 2.45) is 0 Å². The van der Waals surface area contributed by atoms with Gasteiger partial charge in [-0.25, -0.2) is 9.67 Å². The summed E-state index contributed by atoms with van der Waals surface area (Å²) in [6.45, 7) is 6.11. The van der Waals surface area contributed by atoms with Crippen molar-refractivity contribution >= 4 is 11.7 Å². The molecule has 1 fully saturated rings. The van der Waals surface area contributed by atoms with Gasteiger partial charge in [0.05, 0.1) is 12.0 Å². The monoisotopic (exact) mass is 394 g/mol. The number of rotatable bonds is 4. The molecule has 3 aromatic heterocycles. The van der Waals surface area contributed by atoms with Crippen molar-refractivity contribution < 1.29 is 4.79 Å². The first-order valence-corrected chi connectivity index (χ1v) is 9.42. The smallest absolute Gasteiger partial charge is 0.253 e. The Morgan fingerprint density at radius 3 is 2.34 bits per heavy atom. The molecule has 150 valence electrons. The number of aromatic nitrogens is 6. The summed E-state index contributed by atoms with van der Waals surface area (Å²) >= 11 is 0. The molecule has 10 nitrogen and oxygen atoms in total. The molecule has 3 aromatic rings. The highest BCUT2D eigenvalue weighted by Gasteiger charge is 2.22. The van der Waals surface area contributed by atoms with E-state index in [9.17, 15) is 9.59 Å². The number of aryl methyl sites for hydroxylation is 2. The number of amides is 1. The van der Waals surface area contributed by atoms with Crippen LogP contribution >= 0.6 is 0 Å². The average Bonchev–Trinajstić information content (AvgIpc) is 3.17. The lowest BCUT2D eigenvalue weighted by molar-refractivity contribution is -0.132. The predicted molar refractivity (Wildman–Crippen MR) is 106 cm³/mol. The number of anilines is 1. The van der Waals surface area contributed by atoms with Gasteiger partial charge in [-0.1, -0.05) is 0 Å². The van der Waals surface area contributed by atoms with Crippen molar-refractivity contribution in [2.45, 2.75) is 20.4 Å². The third kappa shape index (κ3) is 4.15. The molecular weight excluding hydrogens is 372 g/mol. The first kappa shape index (κ1) is 18.8. The zero-order valence-corrected chi connectivity index (χ0v) is 16.4. The van der Waals surface area contributed by atoms with Crippen LogP contribution in [0.25, 0.3) is 5.82 Å². The molecular formula is C19H22N8O2. The quantitative estimate of drug-likeness (QED) is 0.622. The van der Waals surface area contributed by atoms with Crippen LogP contribution in [0.3, 0.4) is 0 Å². The first-order chi connectivity index (χ1) is 14.0. The number of hydrogen-bond donors (Lipinski definition) is 0. The van der Waals surface area contributed by atoms with E-state index in [0.717, 1.165) is 11.5 Å². The molecule has 0 unspecified atom stereocenters. The highest BCUT2D eigenvalue weighted by molar-refractivity contribution is 5.76. The van der Waals surface area contributed by atoms with Crippen LogP contribution in [-0.2, 0) is 11.3 Å². The van der Waals surface area contributed by atoms with E-state index < -0.39 is 0 Å². The van der Waals surface area contributed by atoms with Crippen LogP contribution in [0.5, 0.6) is 0 Å². The maximum absolute atomic E-state index is 12.5. The molecule has 0 spiro atoms. The van der Waals surface area contributed by atoms with Gasteiger partial charge in [-0.3, -0.25) is 14.2 Å². The van der Waals surface area contributed by atoms with Crippen molar-refractivity contribution in [3.05, 3.63) is 58.5 Å². The molecule has 0 saturated carbocycles. The van der Waals surface area contributed by atoms with Gasteiger partial charge in [-0.2, -0.15) is 5.10 Å². The molecule has 0 N–H and O–H groups in total. The Kier molecular flexibility index (Phi) is 5.07. The molecule has 10 heteroatoms. The van der Waals surface area contributed by atoms with Crippen LogP contribution in [0, 0.1) is 13.8 Å². The second-order valence-corrected chi connectivity index (χ2v) is 7.02. The molecule has 0 aliphatic carbocycles. The van der Waals surface area contributed by atoms with E-state index in [-0.39, 0.29) is 18.0 Å². The number of piperazine rings is 1. The van der Waals surface area contributed by atoms with E-state index in [4.69, 9.17) is 0 Å². The summed E-state index contributed by atoms with van der Waals surface area (Å²) in [7, 11) is 0. The fourth-order valence-electron chi connectivity index (χ4n) is 3.22. The summed E-state index contributed by atoms with van der Waals surface area (Å²) in [6, 6.07) is 7.13. The third-order valence-electron chi connectivity index (χ3n) is 4.87. The van der Waals surface area contributed by atoms with Crippen LogP contribution < -0.4 is 10.5 Å². The summed E-state index contributed by atoms with van der Waals surface area (Å²) in [5, 5.41) is 12.9. The van der Waals surface area contributed by atoms with Crippen molar-refractivity contribution in [1.29, 1.82) is 0 Å². The van der Waals surface area contributed by atoms with Gasteiger partial charge >= 0.3 is 0 Å². The molecule has 0 bridgehead atoms. The number of hydrogen-bond acceptors (Lipinski definition) is 7. The average molecular weight is 394 g/mol. The Hall–Kier alpha value is -3.56. The molecule has 4 rings (SSSR count). The molecule has 0 aromatic carbocycles. The normalized spacial score (nSPS) is 14.3. The largest absolute Gasteiger partial charge is 0.352 e. The maximum Gasteiger partial charge on any atom is 0.253 e. The highest BCUT2D eigenvalue weighted by atomic mass is 16.2. The predicted octanol–water partition coefficient (Wildman–Crippen LogP) is 0.185. The number of carbonyl (C=O) groups is 1. The van der Waals surface area contributed by atoms with Crippen LogP contribution in [-0.4, -0.2) is 66.5 Å². The topological polar surface area (TPSA) is 102 Å². The van der Waals surface area contributed by atoms with Crippen LogP contribution in [0.15, 0.2) is 41.6 Å². The van der Waals surface area contributed by atoms with Crippen LogP contribution in [0.2, 0.25) is 0 Å². The van der Waals surface area contributed by atoms with E-state index in [1.165, 1.54) is 17.0 Å². The Bertz CT molecular complexity index is 1060. The molecule has 4 heterocycles. The maximum atomic E-state index is 12.5. The van der Waals surface area contributed by atoms with Gasteiger partial charge in [-0.05, 0) is 32.0 Å². The Labute approximate surface area is 167 Å². The fourth-order valence-corrected chi connectivity index (χ4v) is 3.22. The Morgan fingerprint density at radius 2 is 1.72 bits per heavy atom. The summed E-state index contributed by atoms with van der Waals surface area (Å²) in [6.07, 6.45) is 3.27. The zero-order chi connectivity index (χ0) is 20.4. The van der Waals surface area contributed by atoms with Gasteiger partial charge in [0.15, 0.2) is 11.6 Å². The Balaban J connectivity index is 1.35. The number of carbonyl (C=O) groups excluding carboxylic acids is 1. The molecule has 1 saturated heterocycles. The first-order valence-electron chi connectivity index (χ1n) is 9.42. The van der Waals surface area contributed by atoms with Crippen LogP contribution in [0.4, 0.5) is 5.82 Å². The van der Waals surface area contributed by atoms with E-state index in [2.05, 4.69) is 25.2 Å². The molecule has 0 radical (unpaired) electrons.